The monoisotopic (exact) mass is 464 g/mol. The van der Waals surface area contributed by atoms with E-state index in [1.807, 2.05) is 0 Å². The first-order valence-electron chi connectivity index (χ1n) is 9.64. The first kappa shape index (κ1) is 22.6. The molecule has 176 valence electrons. The van der Waals surface area contributed by atoms with Crippen molar-refractivity contribution in [2.24, 2.45) is 0 Å². The van der Waals surface area contributed by atoms with E-state index in [2.05, 4.69) is 0 Å². The third-order valence-corrected chi connectivity index (χ3v) is 5.26. The zero-order valence-corrected chi connectivity index (χ0v) is 16.7. The molecule has 1 aliphatic rings. The number of hydrogen-bond donors (Lipinski definition) is 8. The van der Waals surface area contributed by atoms with Gasteiger partial charge in [0.05, 0.1) is 6.61 Å². The Morgan fingerprint density at radius 3 is 2.27 bits per heavy atom. The molecule has 1 aliphatic heterocycles. The number of phenolic OH excluding ortho intramolecular Hbond substituents is 3. The van der Waals surface area contributed by atoms with Gasteiger partial charge in [-0.05, 0) is 18.2 Å². The average molecular weight is 464 g/mol. The third kappa shape index (κ3) is 3.90. The maximum Gasteiger partial charge on any atom is 0.238 e. The largest absolute Gasteiger partial charge is 0.507 e. The second-order valence-electron chi connectivity index (χ2n) is 7.44. The Morgan fingerprint density at radius 2 is 1.61 bits per heavy atom. The highest BCUT2D eigenvalue weighted by Crippen LogP contribution is 2.38. The summed E-state index contributed by atoms with van der Waals surface area (Å²) in [6.45, 7) is -0.676. The van der Waals surface area contributed by atoms with Crippen LogP contribution in [0.1, 0.15) is 0 Å². The van der Waals surface area contributed by atoms with Gasteiger partial charge in [0.25, 0.3) is 0 Å². The summed E-state index contributed by atoms with van der Waals surface area (Å²) in [4.78, 5) is 12.6. The van der Waals surface area contributed by atoms with E-state index < -0.39 is 65.7 Å². The summed E-state index contributed by atoms with van der Waals surface area (Å²) in [5.74, 6) is -3.02. The molecular formula is C21H20O12. The number of phenols is 3. The van der Waals surface area contributed by atoms with Crippen LogP contribution in [0.4, 0.5) is 0 Å². The molecule has 1 aromatic heterocycles. The minimum atomic E-state index is -1.72. The Labute approximate surface area is 184 Å². The van der Waals surface area contributed by atoms with Crippen molar-refractivity contribution in [2.45, 2.75) is 30.7 Å². The third-order valence-electron chi connectivity index (χ3n) is 5.26. The first-order valence-corrected chi connectivity index (χ1v) is 9.64. The lowest BCUT2D eigenvalue weighted by Crippen LogP contribution is -2.60. The Balaban J connectivity index is 1.76. The van der Waals surface area contributed by atoms with Gasteiger partial charge in [-0.3, -0.25) is 4.79 Å². The number of rotatable bonds is 4. The molecule has 12 heteroatoms. The lowest BCUT2D eigenvalue weighted by molar-refractivity contribution is -0.277. The highest BCUT2D eigenvalue weighted by molar-refractivity contribution is 5.88. The molecule has 0 radical (unpaired) electrons. The summed E-state index contributed by atoms with van der Waals surface area (Å²) in [6, 6.07) is 5.55. The van der Waals surface area contributed by atoms with Gasteiger partial charge in [0, 0.05) is 17.7 Å². The molecule has 33 heavy (non-hydrogen) atoms. The summed E-state index contributed by atoms with van der Waals surface area (Å²) in [6.07, 6.45) is -7.80. The van der Waals surface area contributed by atoms with Crippen molar-refractivity contribution in [1.29, 1.82) is 0 Å². The van der Waals surface area contributed by atoms with Gasteiger partial charge >= 0.3 is 0 Å². The number of benzene rings is 2. The Bertz CT molecular complexity index is 1250. The smallest absolute Gasteiger partial charge is 0.238 e. The minimum absolute atomic E-state index is 0.0431. The Hall–Kier alpha value is -3.55. The lowest BCUT2D eigenvalue weighted by atomic mass is 9.99. The summed E-state index contributed by atoms with van der Waals surface area (Å²) in [7, 11) is 0. The molecule has 0 bridgehead atoms. The van der Waals surface area contributed by atoms with Gasteiger partial charge in [-0.25, -0.2) is 0 Å². The molecule has 5 atom stereocenters. The Kier molecular flexibility index (Phi) is 5.78. The highest BCUT2D eigenvalue weighted by Gasteiger charge is 2.44. The fourth-order valence-electron chi connectivity index (χ4n) is 3.49. The van der Waals surface area contributed by atoms with Gasteiger partial charge < -0.3 is 54.7 Å². The molecule has 0 saturated carbocycles. The molecule has 2 heterocycles. The van der Waals surface area contributed by atoms with Crippen molar-refractivity contribution in [3.05, 3.63) is 40.6 Å². The number of ether oxygens (including phenoxy) is 2. The summed E-state index contributed by atoms with van der Waals surface area (Å²) < 4.78 is 16.3. The zero-order chi connectivity index (χ0) is 24.0. The van der Waals surface area contributed by atoms with Crippen LogP contribution in [0.2, 0.25) is 0 Å². The molecular weight excluding hydrogens is 444 g/mol. The topological polar surface area (TPSA) is 211 Å². The normalized spacial score (nSPS) is 25.3. The molecule has 0 aliphatic carbocycles. The quantitative estimate of drug-likeness (QED) is 0.229. The Morgan fingerprint density at radius 1 is 0.879 bits per heavy atom. The molecule has 2 aromatic carbocycles. The number of fused-ring (bicyclic) bond motifs is 1. The van der Waals surface area contributed by atoms with Crippen molar-refractivity contribution >= 4 is 11.0 Å². The fourth-order valence-corrected chi connectivity index (χ4v) is 3.49. The maximum atomic E-state index is 12.6. The van der Waals surface area contributed by atoms with Gasteiger partial charge in [0.2, 0.25) is 17.5 Å². The highest BCUT2D eigenvalue weighted by atomic mass is 16.7. The lowest BCUT2D eigenvalue weighted by Gasteiger charge is -2.39. The minimum Gasteiger partial charge on any atom is -0.507 e. The van der Waals surface area contributed by atoms with E-state index in [1.54, 1.807) is 0 Å². The van der Waals surface area contributed by atoms with Crippen LogP contribution < -0.4 is 10.2 Å². The van der Waals surface area contributed by atoms with Gasteiger partial charge in [-0.2, -0.15) is 0 Å². The molecule has 4 rings (SSSR count). The van der Waals surface area contributed by atoms with Crippen LogP contribution in [0.3, 0.4) is 0 Å². The molecule has 1 fully saturated rings. The van der Waals surface area contributed by atoms with Crippen LogP contribution in [0.5, 0.6) is 28.7 Å². The molecule has 1 saturated heterocycles. The average Bonchev–Trinajstić information content (AvgIpc) is 2.78. The van der Waals surface area contributed by atoms with Crippen LogP contribution in [0.25, 0.3) is 22.3 Å². The van der Waals surface area contributed by atoms with Gasteiger partial charge in [-0.15, -0.1) is 0 Å². The molecule has 0 unspecified atom stereocenters. The molecule has 12 nitrogen and oxygen atoms in total. The van der Waals surface area contributed by atoms with E-state index in [4.69, 9.17) is 13.9 Å². The predicted octanol–water partition coefficient (Wildman–Crippen LogP) is -0.539. The number of aliphatic hydroxyl groups is 4. The van der Waals surface area contributed by atoms with Crippen LogP contribution >= 0.6 is 0 Å². The van der Waals surface area contributed by atoms with Gasteiger partial charge in [-0.1, -0.05) is 0 Å². The van der Waals surface area contributed by atoms with Crippen molar-refractivity contribution in [3.8, 4) is 40.1 Å². The van der Waals surface area contributed by atoms with Crippen molar-refractivity contribution in [3.63, 3.8) is 0 Å². The second-order valence-corrected chi connectivity index (χ2v) is 7.44. The van der Waals surface area contributed by atoms with Gasteiger partial charge in [0.1, 0.15) is 46.9 Å². The van der Waals surface area contributed by atoms with E-state index in [1.165, 1.54) is 6.07 Å². The molecule has 3 aromatic rings. The van der Waals surface area contributed by atoms with Crippen LogP contribution in [-0.4, -0.2) is 78.2 Å². The number of aliphatic hydroxyl groups excluding tert-OH is 4. The summed E-state index contributed by atoms with van der Waals surface area (Å²) in [5.41, 5.74) is -1.20. The van der Waals surface area contributed by atoms with Gasteiger partial charge in [0.15, 0.2) is 17.3 Å². The van der Waals surface area contributed by atoms with E-state index in [9.17, 15) is 45.6 Å². The van der Waals surface area contributed by atoms with Crippen LogP contribution in [-0.2, 0) is 4.74 Å². The zero-order valence-electron chi connectivity index (χ0n) is 16.7. The molecule has 0 amide bonds. The van der Waals surface area contributed by atoms with E-state index in [0.717, 1.165) is 24.3 Å². The molecule has 8 N–H and O–H groups in total. The summed E-state index contributed by atoms with van der Waals surface area (Å²) in [5, 5.41) is 78.6. The van der Waals surface area contributed by atoms with E-state index in [-0.39, 0.29) is 28.0 Å². The van der Waals surface area contributed by atoms with E-state index >= 15 is 0 Å². The fraction of sp³-hybridized carbons (Fsp3) is 0.286. The first-order chi connectivity index (χ1) is 15.6. The van der Waals surface area contributed by atoms with Crippen molar-refractivity contribution in [2.75, 3.05) is 6.61 Å². The van der Waals surface area contributed by atoms with Crippen LogP contribution in [0, 0.1) is 0 Å². The van der Waals surface area contributed by atoms with Crippen LogP contribution in [0.15, 0.2) is 39.5 Å². The summed E-state index contributed by atoms with van der Waals surface area (Å²) >= 11 is 0. The number of aromatic hydroxyl groups is 4. The maximum absolute atomic E-state index is 12.6. The predicted molar refractivity (Wildman–Crippen MR) is 109 cm³/mol. The SMILES string of the molecule is O=c1c(O)c(-c2ccc(O)c(O)c2)oc2cc(O[C@H]3O[C@H](CO)[C@H](O)[C@H](O)[C@H]3O)cc(O)c12. The number of hydrogen-bond acceptors (Lipinski definition) is 12. The standard InChI is InChI=1S/C21H20O12/c22-6-13-15(26)17(28)19(30)21(33-13)31-8-4-11(25)14-12(5-8)32-20(18(29)16(14)27)7-1-2-9(23)10(24)3-7/h1-5,13,15,17,19,21-26,28-30H,6H2/t13-,15+,17+,19-,21+/m1/s1. The second kappa shape index (κ2) is 8.42. The van der Waals surface area contributed by atoms with Crippen molar-refractivity contribution < 1.29 is 54.7 Å². The van der Waals surface area contributed by atoms with E-state index in [0.29, 0.717) is 0 Å². The molecule has 0 spiro atoms. The van der Waals surface area contributed by atoms with Crippen molar-refractivity contribution in [1.82, 2.24) is 0 Å².